The van der Waals surface area contributed by atoms with Crippen molar-refractivity contribution in [2.45, 2.75) is 56.6 Å². The van der Waals surface area contributed by atoms with Gasteiger partial charge in [0.25, 0.3) is 0 Å². The second-order valence-electron chi connectivity index (χ2n) is 10.7. The van der Waals surface area contributed by atoms with Crippen molar-refractivity contribution in [2.75, 3.05) is 26.2 Å². The lowest BCUT2D eigenvalue weighted by Gasteiger charge is -2.36. The van der Waals surface area contributed by atoms with E-state index in [9.17, 15) is 24.3 Å². The molecule has 0 radical (unpaired) electrons. The lowest BCUT2D eigenvalue weighted by molar-refractivity contribution is -0.158. The van der Waals surface area contributed by atoms with Crippen molar-refractivity contribution in [1.29, 1.82) is 0 Å². The van der Waals surface area contributed by atoms with Crippen LogP contribution in [0.15, 0.2) is 53.0 Å². The molecular weight excluding hydrogens is 582 g/mol. The summed E-state index contributed by atoms with van der Waals surface area (Å²) in [6.45, 7) is 2.35. The third-order valence-electron chi connectivity index (χ3n) is 7.95. The molecule has 11 heteroatoms. The maximum absolute atomic E-state index is 14.5. The van der Waals surface area contributed by atoms with Gasteiger partial charge in [-0.05, 0) is 31.4 Å². The van der Waals surface area contributed by atoms with Gasteiger partial charge in [0, 0.05) is 37.1 Å². The van der Waals surface area contributed by atoms with Gasteiger partial charge in [-0.15, -0.1) is 0 Å². The van der Waals surface area contributed by atoms with Crippen LogP contribution in [0.5, 0.6) is 0 Å². The van der Waals surface area contributed by atoms with Crippen LogP contribution < -0.4 is 5.32 Å². The van der Waals surface area contributed by atoms with Gasteiger partial charge in [0.15, 0.2) is 0 Å². The molecule has 4 aliphatic rings. The molecule has 2 fully saturated rings. The van der Waals surface area contributed by atoms with E-state index in [4.69, 9.17) is 9.47 Å². The van der Waals surface area contributed by atoms with Crippen LogP contribution in [0, 0.1) is 11.8 Å². The Bertz CT molecular complexity index is 1220. The first-order chi connectivity index (χ1) is 19.3. The Kier molecular flexibility index (Phi) is 8.44. The molecule has 2 saturated heterocycles. The zero-order valence-corrected chi connectivity index (χ0v) is 23.9. The van der Waals surface area contributed by atoms with Gasteiger partial charge in [-0.3, -0.25) is 19.2 Å². The smallest absolute Gasteiger partial charge is 0.313 e. The van der Waals surface area contributed by atoms with Gasteiger partial charge in [-0.1, -0.05) is 58.4 Å². The topological polar surface area (TPSA) is 125 Å². The molecule has 5 bridgehead atoms. The molecule has 3 amide bonds. The Morgan fingerprint density at radius 3 is 2.65 bits per heavy atom. The van der Waals surface area contributed by atoms with Gasteiger partial charge in [0.2, 0.25) is 17.7 Å². The van der Waals surface area contributed by atoms with E-state index in [0.717, 1.165) is 5.56 Å². The number of cyclic esters (lactones) is 1. The number of esters is 1. The lowest BCUT2D eigenvalue weighted by Crippen LogP contribution is -2.55. The Hall–Kier alpha value is -3.02. The van der Waals surface area contributed by atoms with E-state index < -0.39 is 41.7 Å². The molecule has 4 aliphatic heterocycles. The van der Waals surface area contributed by atoms with Gasteiger partial charge in [0.05, 0.1) is 12.5 Å². The van der Waals surface area contributed by atoms with Crippen molar-refractivity contribution in [3.63, 3.8) is 0 Å². The van der Waals surface area contributed by atoms with Crippen molar-refractivity contribution in [3.05, 3.63) is 58.6 Å². The number of halogens is 1. The van der Waals surface area contributed by atoms with Crippen molar-refractivity contribution < 1.29 is 33.8 Å². The zero-order valence-electron chi connectivity index (χ0n) is 22.3. The van der Waals surface area contributed by atoms with E-state index >= 15 is 0 Å². The minimum atomic E-state index is -1.36. The summed E-state index contributed by atoms with van der Waals surface area (Å²) in [7, 11) is 0. The fraction of sp³-hybridized carbons (Fsp3) is 0.517. The fourth-order valence-electron chi connectivity index (χ4n) is 6.15. The van der Waals surface area contributed by atoms with Crippen molar-refractivity contribution in [2.24, 2.45) is 11.8 Å². The predicted octanol–water partition coefficient (Wildman–Crippen LogP) is 1.67. The molecular formula is C29H34BrN3O7. The van der Waals surface area contributed by atoms with Crippen LogP contribution in [0.1, 0.15) is 31.7 Å². The summed E-state index contributed by atoms with van der Waals surface area (Å²) < 4.78 is 12.7. The number of hydrogen-bond donors (Lipinski definition) is 2. The average Bonchev–Trinajstić information content (AvgIpc) is 3.52. The molecule has 0 aromatic heterocycles. The summed E-state index contributed by atoms with van der Waals surface area (Å²) in [4.78, 5) is 57.4. The molecule has 40 heavy (non-hydrogen) atoms. The molecule has 0 saturated carbocycles. The number of allylic oxidation sites excluding steroid dienone is 1. The first-order valence-electron chi connectivity index (χ1n) is 13.7. The summed E-state index contributed by atoms with van der Waals surface area (Å²) in [6.07, 6.45) is 5.11. The Labute approximate surface area is 241 Å². The number of carbonyl (C=O) groups is 4. The highest BCUT2D eigenvalue weighted by molar-refractivity contribution is 9.11. The van der Waals surface area contributed by atoms with Crippen LogP contribution in [-0.4, -0.2) is 88.7 Å². The standard InChI is InChI=1S/C29H34BrN3O7/c1-18-16-31-21(35)11-6-3-7-12-32(17-19-9-4-2-5-10-19)27(37)25-29-15-20(30)24(40-29)22(28(38)39-18)23(29)26(36)33(25)13-8-14-34/h2-5,7,9-10,15,18,22-25,34H,6,8,11-14,16-17H2,1H3,(H,31,35)/b7-3-/t18-,22+,23-,24+,25+,29-/m0/s1. The fourth-order valence-corrected chi connectivity index (χ4v) is 6.89. The number of aliphatic hydroxyl groups excluding tert-OH is 1. The van der Waals surface area contributed by atoms with Gasteiger partial charge >= 0.3 is 5.97 Å². The molecule has 4 heterocycles. The summed E-state index contributed by atoms with van der Waals surface area (Å²) in [6, 6.07) is 8.52. The number of benzene rings is 1. The molecule has 214 valence electrons. The summed E-state index contributed by atoms with van der Waals surface area (Å²) in [5.41, 5.74) is -0.445. The first-order valence-corrected chi connectivity index (χ1v) is 14.5. The Morgan fingerprint density at radius 2 is 1.90 bits per heavy atom. The maximum atomic E-state index is 14.5. The van der Waals surface area contributed by atoms with Gasteiger partial charge in [-0.2, -0.15) is 0 Å². The lowest BCUT2D eigenvalue weighted by atomic mass is 9.74. The highest BCUT2D eigenvalue weighted by atomic mass is 79.9. The Balaban J connectivity index is 1.57. The number of carbonyl (C=O) groups excluding carboxylic acids is 4. The van der Waals surface area contributed by atoms with Crippen LogP contribution in [0.3, 0.4) is 0 Å². The van der Waals surface area contributed by atoms with Gasteiger partial charge < -0.3 is 29.7 Å². The van der Waals surface area contributed by atoms with E-state index in [2.05, 4.69) is 21.2 Å². The number of nitrogens with zero attached hydrogens (tertiary/aromatic N) is 2. The molecule has 6 atom stereocenters. The number of likely N-dealkylation sites (tertiary alicyclic amines) is 1. The molecule has 1 aromatic rings. The maximum Gasteiger partial charge on any atom is 0.313 e. The average molecular weight is 617 g/mol. The first kappa shape index (κ1) is 28.5. The predicted molar refractivity (Wildman–Crippen MR) is 148 cm³/mol. The number of aliphatic hydroxyl groups is 1. The number of fused-ring (bicyclic) bond motifs is 2. The minimum Gasteiger partial charge on any atom is -0.460 e. The minimum absolute atomic E-state index is 0.141. The van der Waals surface area contributed by atoms with Crippen molar-refractivity contribution >= 4 is 39.6 Å². The molecule has 2 N–H and O–H groups in total. The zero-order chi connectivity index (χ0) is 28.4. The molecule has 1 spiro atoms. The summed E-state index contributed by atoms with van der Waals surface area (Å²) in [5.74, 6) is -3.38. The number of nitrogens with one attached hydrogen (secondary N) is 1. The van der Waals surface area contributed by atoms with Crippen molar-refractivity contribution in [3.8, 4) is 0 Å². The molecule has 10 nitrogen and oxygen atoms in total. The normalized spacial score (nSPS) is 33.5. The van der Waals surface area contributed by atoms with Gasteiger partial charge in [0.1, 0.15) is 29.8 Å². The van der Waals surface area contributed by atoms with E-state index in [1.807, 2.05) is 42.5 Å². The summed E-state index contributed by atoms with van der Waals surface area (Å²) >= 11 is 3.53. The number of amides is 3. The second kappa shape index (κ2) is 11.8. The highest BCUT2D eigenvalue weighted by Crippen LogP contribution is 2.58. The summed E-state index contributed by atoms with van der Waals surface area (Å²) in [5, 5.41) is 12.4. The molecule has 0 aliphatic carbocycles. The van der Waals surface area contributed by atoms with Crippen LogP contribution in [-0.2, 0) is 35.2 Å². The largest absolute Gasteiger partial charge is 0.460 e. The SMILES string of the molecule is C[C@H]1CNC(=O)CC/C=C\CN(Cc2ccccc2)C(=O)[C@H]2N(CCCO)C(=O)[C@@H]3[C@@H](C(=O)O1)[C@@H]1O[C@@]32C=C1Br. The van der Waals surface area contributed by atoms with Gasteiger partial charge in [-0.25, -0.2) is 0 Å². The van der Waals surface area contributed by atoms with E-state index in [1.165, 1.54) is 4.90 Å². The van der Waals surface area contributed by atoms with E-state index in [-0.39, 0.29) is 56.8 Å². The van der Waals surface area contributed by atoms with Crippen LogP contribution in [0.25, 0.3) is 0 Å². The Morgan fingerprint density at radius 1 is 1.12 bits per heavy atom. The van der Waals surface area contributed by atoms with E-state index in [0.29, 0.717) is 17.4 Å². The molecule has 1 aromatic carbocycles. The van der Waals surface area contributed by atoms with Crippen LogP contribution in [0.2, 0.25) is 0 Å². The number of ether oxygens (including phenoxy) is 2. The third-order valence-corrected chi connectivity index (χ3v) is 8.63. The van der Waals surface area contributed by atoms with Crippen LogP contribution in [0.4, 0.5) is 0 Å². The van der Waals surface area contributed by atoms with Crippen LogP contribution >= 0.6 is 15.9 Å². The molecule has 0 unspecified atom stereocenters. The quantitative estimate of drug-likeness (QED) is 0.381. The molecule has 5 rings (SSSR count). The third kappa shape index (κ3) is 5.22. The van der Waals surface area contributed by atoms with Crippen molar-refractivity contribution in [1.82, 2.24) is 15.1 Å². The number of hydrogen-bond acceptors (Lipinski definition) is 7. The highest BCUT2D eigenvalue weighted by Gasteiger charge is 2.74. The van der Waals surface area contributed by atoms with E-state index in [1.54, 1.807) is 17.9 Å². The second-order valence-corrected chi connectivity index (χ2v) is 11.6. The monoisotopic (exact) mass is 615 g/mol. The number of rotatable bonds is 5.